The van der Waals surface area contributed by atoms with Gasteiger partial charge in [0.2, 0.25) is 10.0 Å². The molecule has 1 fully saturated rings. The van der Waals surface area contributed by atoms with Crippen LogP contribution in [0.2, 0.25) is 10.0 Å². The van der Waals surface area contributed by atoms with E-state index >= 15 is 0 Å². The molecular weight excluding hydrogens is 409 g/mol. The second kappa shape index (κ2) is 6.02. The molecule has 2 N–H and O–H groups in total. The van der Waals surface area contributed by atoms with Gasteiger partial charge in [-0.05, 0) is 12.1 Å². The molecule has 1 aliphatic rings. The summed E-state index contributed by atoms with van der Waals surface area (Å²) >= 11 is 15.0. The number of aliphatic carboxylic acids is 1. The molecule has 0 aromatic heterocycles. The van der Waals surface area contributed by atoms with E-state index in [1.54, 1.807) is 0 Å². The summed E-state index contributed by atoms with van der Waals surface area (Å²) in [6.07, 6.45) is -1.23. The predicted molar refractivity (Wildman–Crippen MR) is 80.1 cm³/mol. The van der Waals surface area contributed by atoms with Crippen molar-refractivity contribution in [2.45, 2.75) is 23.5 Å². The lowest BCUT2D eigenvalue weighted by Crippen LogP contribution is -2.40. The number of carbonyl (C=O) groups is 1. The van der Waals surface area contributed by atoms with Crippen molar-refractivity contribution in [1.82, 2.24) is 4.31 Å². The number of rotatable bonds is 3. The molecule has 6 nitrogen and oxygen atoms in total. The maximum Gasteiger partial charge on any atom is 0.322 e. The van der Waals surface area contributed by atoms with Gasteiger partial charge in [0.25, 0.3) is 0 Å². The van der Waals surface area contributed by atoms with Crippen LogP contribution in [0.25, 0.3) is 0 Å². The van der Waals surface area contributed by atoms with E-state index in [4.69, 9.17) is 28.3 Å². The maximum atomic E-state index is 12.6. The van der Waals surface area contributed by atoms with Crippen LogP contribution in [0.5, 0.6) is 0 Å². The first-order valence-electron chi connectivity index (χ1n) is 5.72. The number of β-amino-alcohol motifs (C(OH)–C–C–N with tert-alkyl or cyclic N) is 1. The second-order valence-electron chi connectivity index (χ2n) is 4.52. The molecule has 2 atom stereocenters. The van der Waals surface area contributed by atoms with Crippen molar-refractivity contribution in [2.75, 3.05) is 6.54 Å². The van der Waals surface area contributed by atoms with E-state index < -0.39 is 28.1 Å². The smallest absolute Gasteiger partial charge is 0.322 e. The van der Waals surface area contributed by atoms with Gasteiger partial charge < -0.3 is 10.2 Å². The van der Waals surface area contributed by atoms with Gasteiger partial charge in [0.15, 0.2) is 0 Å². The quantitative estimate of drug-likeness (QED) is 0.782. The molecule has 0 aliphatic carbocycles. The van der Waals surface area contributed by atoms with E-state index in [9.17, 15) is 18.3 Å². The number of hydrogen-bond donors (Lipinski definition) is 2. The molecule has 1 aromatic rings. The largest absolute Gasteiger partial charge is 0.480 e. The summed E-state index contributed by atoms with van der Waals surface area (Å²) < 4.78 is 26.4. The van der Waals surface area contributed by atoms with Gasteiger partial charge in [-0.1, -0.05) is 39.1 Å². The molecule has 2 rings (SSSR count). The van der Waals surface area contributed by atoms with E-state index in [0.29, 0.717) is 8.78 Å². The van der Waals surface area contributed by atoms with Crippen LogP contribution in [0.15, 0.2) is 21.5 Å². The fourth-order valence-electron chi connectivity index (χ4n) is 2.17. The Bertz CT molecular complexity index is 673. The summed E-state index contributed by atoms with van der Waals surface area (Å²) in [5, 5.41) is 18.4. The van der Waals surface area contributed by atoms with Crippen LogP contribution in [-0.4, -0.2) is 47.6 Å². The van der Waals surface area contributed by atoms with Gasteiger partial charge in [-0.15, -0.1) is 0 Å². The molecule has 1 heterocycles. The van der Waals surface area contributed by atoms with Crippen molar-refractivity contribution in [3.05, 3.63) is 26.7 Å². The van der Waals surface area contributed by atoms with Crippen molar-refractivity contribution >= 4 is 55.1 Å². The molecule has 116 valence electrons. The number of benzene rings is 1. The number of carboxylic acids is 1. The number of aliphatic hydroxyl groups is 1. The number of hydrogen-bond acceptors (Lipinski definition) is 4. The topological polar surface area (TPSA) is 94.9 Å². The Balaban J connectivity index is 2.55. The van der Waals surface area contributed by atoms with Gasteiger partial charge in [-0.3, -0.25) is 4.79 Å². The Morgan fingerprint density at radius 3 is 2.33 bits per heavy atom. The number of carboxylic acid groups (broad SMARTS) is 1. The van der Waals surface area contributed by atoms with E-state index in [1.165, 1.54) is 12.1 Å². The fourth-order valence-corrected chi connectivity index (χ4v) is 5.69. The summed E-state index contributed by atoms with van der Waals surface area (Å²) in [5.41, 5.74) is 0. The molecule has 10 heteroatoms. The van der Waals surface area contributed by atoms with E-state index in [-0.39, 0.29) is 27.9 Å². The lowest BCUT2D eigenvalue weighted by Gasteiger charge is -2.22. The van der Waals surface area contributed by atoms with Gasteiger partial charge in [-0.2, -0.15) is 4.31 Å². The molecular formula is C11H10BrCl2NO5S. The van der Waals surface area contributed by atoms with Gasteiger partial charge in [0, 0.05) is 17.4 Å². The Labute approximate surface area is 139 Å². The van der Waals surface area contributed by atoms with Crippen molar-refractivity contribution in [2.24, 2.45) is 0 Å². The Hall–Kier alpha value is -0.380. The van der Waals surface area contributed by atoms with Gasteiger partial charge in [0.1, 0.15) is 10.9 Å². The number of halogens is 3. The minimum absolute atomic E-state index is 0.125. The first-order valence-corrected chi connectivity index (χ1v) is 8.70. The third kappa shape index (κ3) is 3.20. The van der Waals surface area contributed by atoms with Crippen molar-refractivity contribution in [3.63, 3.8) is 0 Å². The second-order valence-corrected chi connectivity index (χ2v) is 8.07. The lowest BCUT2D eigenvalue weighted by molar-refractivity contribution is -0.140. The molecule has 0 amide bonds. The molecule has 1 unspecified atom stereocenters. The summed E-state index contributed by atoms with van der Waals surface area (Å²) in [4.78, 5) is 10.8. The van der Waals surface area contributed by atoms with Crippen LogP contribution < -0.4 is 0 Å². The molecule has 0 saturated carbocycles. The number of sulfonamides is 1. The lowest BCUT2D eigenvalue weighted by atomic mass is 10.2. The predicted octanol–water partition coefficient (Wildman–Crippen LogP) is 1.96. The molecule has 1 saturated heterocycles. The first kappa shape index (κ1) is 17.0. The Kier molecular flexibility index (Phi) is 4.87. The van der Waals surface area contributed by atoms with E-state index in [2.05, 4.69) is 15.9 Å². The van der Waals surface area contributed by atoms with Crippen LogP contribution in [0, 0.1) is 0 Å². The molecule has 1 aromatic carbocycles. The van der Waals surface area contributed by atoms with E-state index in [1.807, 2.05) is 0 Å². The summed E-state index contributed by atoms with van der Waals surface area (Å²) in [7, 11) is -4.24. The molecule has 21 heavy (non-hydrogen) atoms. The van der Waals surface area contributed by atoms with Crippen molar-refractivity contribution in [3.8, 4) is 0 Å². The normalized spacial score (nSPS) is 23.4. The molecule has 1 aliphatic heterocycles. The zero-order valence-electron chi connectivity index (χ0n) is 10.3. The average molecular weight is 419 g/mol. The van der Waals surface area contributed by atoms with Crippen LogP contribution in [-0.2, 0) is 14.8 Å². The summed E-state index contributed by atoms with van der Waals surface area (Å²) in [6, 6.07) is 1.35. The van der Waals surface area contributed by atoms with Crippen LogP contribution >= 0.6 is 39.1 Å². The zero-order chi connectivity index (χ0) is 15.9. The van der Waals surface area contributed by atoms with Crippen molar-refractivity contribution in [1.29, 1.82) is 0 Å². The average Bonchev–Trinajstić information content (AvgIpc) is 2.70. The Morgan fingerprint density at radius 1 is 1.33 bits per heavy atom. The van der Waals surface area contributed by atoms with Gasteiger partial charge >= 0.3 is 5.97 Å². The highest BCUT2D eigenvalue weighted by Crippen LogP contribution is 2.37. The third-order valence-electron chi connectivity index (χ3n) is 3.05. The highest BCUT2D eigenvalue weighted by Gasteiger charge is 2.44. The SMILES string of the molecule is O=C(O)[C@@H]1CC(O)CN1S(=O)(=O)c1c(Cl)cc(Br)cc1Cl. The molecule has 0 spiro atoms. The minimum Gasteiger partial charge on any atom is -0.480 e. The monoisotopic (exact) mass is 417 g/mol. The number of aliphatic hydroxyl groups excluding tert-OH is 1. The Morgan fingerprint density at radius 2 is 1.86 bits per heavy atom. The zero-order valence-corrected chi connectivity index (χ0v) is 14.2. The number of nitrogens with zero attached hydrogens (tertiary/aromatic N) is 1. The van der Waals surface area contributed by atoms with Crippen LogP contribution in [0.3, 0.4) is 0 Å². The molecule has 0 radical (unpaired) electrons. The standard InChI is InChI=1S/C11H10BrCl2NO5S/c12-5-1-7(13)10(8(14)2-5)21(19,20)15-4-6(16)3-9(15)11(17)18/h1-2,6,9,16H,3-4H2,(H,17,18)/t6?,9-/m0/s1. The first-order chi connectivity index (χ1) is 9.64. The molecule has 0 bridgehead atoms. The summed E-state index contributed by atoms with van der Waals surface area (Å²) in [6.45, 7) is -0.317. The van der Waals surface area contributed by atoms with Crippen LogP contribution in [0.1, 0.15) is 6.42 Å². The van der Waals surface area contributed by atoms with Crippen LogP contribution in [0.4, 0.5) is 0 Å². The maximum absolute atomic E-state index is 12.6. The highest BCUT2D eigenvalue weighted by molar-refractivity contribution is 9.10. The fraction of sp³-hybridized carbons (Fsp3) is 0.364. The van der Waals surface area contributed by atoms with Gasteiger partial charge in [0.05, 0.1) is 16.1 Å². The summed E-state index contributed by atoms with van der Waals surface area (Å²) in [5.74, 6) is -1.33. The highest BCUT2D eigenvalue weighted by atomic mass is 79.9. The van der Waals surface area contributed by atoms with Gasteiger partial charge in [-0.25, -0.2) is 8.42 Å². The van der Waals surface area contributed by atoms with Crippen molar-refractivity contribution < 1.29 is 23.4 Å². The third-order valence-corrected chi connectivity index (χ3v) is 6.30. The minimum atomic E-state index is -4.24. The van der Waals surface area contributed by atoms with E-state index in [0.717, 1.165) is 0 Å².